The van der Waals surface area contributed by atoms with Crippen LogP contribution in [-0.4, -0.2) is 23.3 Å². The number of benzene rings is 1. The molecule has 0 atom stereocenters. The van der Waals surface area contributed by atoms with Crippen molar-refractivity contribution >= 4 is 34.7 Å². The lowest BCUT2D eigenvalue weighted by Gasteiger charge is -2.13. The van der Waals surface area contributed by atoms with Gasteiger partial charge in [0.05, 0.1) is 0 Å². The van der Waals surface area contributed by atoms with Gasteiger partial charge in [0.2, 0.25) is 0 Å². The van der Waals surface area contributed by atoms with Crippen LogP contribution in [0.4, 0.5) is 0 Å². The van der Waals surface area contributed by atoms with Gasteiger partial charge < -0.3 is 5.32 Å². The zero-order valence-electron chi connectivity index (χ0n) is 11.3. The van der Waals surface area contributed by atoms with Crippen molar-refractivity contribution in [2.24, 2.45) is 0 Å². The van der Waals surface area contributed by atoms with Crippen LogP contribution in [0.25, 0.3) is 0 Å². The van der Waals surface area contributed by atoms with Gasteiger partial charge in [0.15, 0.2) is 4.34 Å². The highest BCUT2D eigenvalue weighted by Gasteiger charge is 2.15. The minimum atomic E-state index is 0.872. The molecule has 1 aromatic heterocycles. The van der Waals surface area contributed by atoms with Crippen LogP contribution in [0.5, 0.6) is 0 Å². The van der Waals surface area contributed by atoms with E-state index in [4.69, 9.17) is 11.6 Å². The number of rotatable bonds is 3. The maximum atomic E-state index is 6.42. The number of hydrogen-bond acceptors (Lipinski definition) is 5. The SMILES string of the molecule is Cc1nnc(SCc2c(Cl)ccc3c2CCNCC3)s1. The van der Waals surface area contributed by atoms with E-state index in [1.165, 1.54) is 16.7 Å². The number of hydrogen-bond donors (Lipinski definition) is 1. The van der Waals surface area contributed by atoms with Crippen LogP contribution in [-0.2, 0) is 18.6 Å². The van der Waals surface area contributed by atoms with E-state index in [0.29, 0.717) is 0 Å². The van der Waals surface area contributed by atoms with Crippen molar-refractivity contribution in [3.63, 3.8) is 0 Å². The first-order chi connectivity index (χ1) is 9.74. The number of fused-ring (bicyclic) bond motifs is 1. The molecule has 1 aliphatic rings. The normalized spacial score (nSPS) is 14.9. The summed E-state index contributed by atoms with van der Waals surface area (Å²) in [5.74, 6) is 0.872. The molecule has 0 spiro atoms. The number of nitrogens with zero attached hydrogens (tertiary/aromatic N) is 2. The van der Waals surface area contributed by atoms with Crippen molar-refractivity contribution in [1.29, 1.82) is 0 Å². The van der Waals surface area contributed by atoms with Crippen LogP contribution in [0.1, 0.15) is 21.7 Å². The number of halogens is 1. The molecule has 1 aliphatic heterocycles. The monoisotopic (exact) mass is 325 g/mol. The molecular weight excluding hydrogens is 310 g/mol. The minimum Gasteiger partial charge on any atom is -0.316 e. The molecule has 0 amide bonds. The molecule has 1 N–H and O–H groups in total. The summed E-state index contributed by atoms with van der Waals surface area (Å²) in [4.78, 5) is 0. The van der Waals surface area contributed by atoms with Crippen molar-refractivity contribution in [3.05, 3.63) is 38.9 Å². The lowest BCUT2D eigenvalue weighted by molar-refractivity contribution is 0.710. The van der Waals surface area contributed by atoms with Crippen molar-refractivity contribution in [1.82, 2.24) is 15.5 Å². The van der Waals surface area contributed by atoms with Gasteiger partial charge in [-0.3, -0.25) is 0 Å². The molecule has 20 heavy (non-hydrogen) atoms. The summed E-state index contributed by atoms with van der Waals surface area (Å²) in [5.41, 5.74) is 4.13. The summed E-state index contributed by atoms with van der Waals surface area (Å²) in [6.07, 6.45) is 2.14. The van der Waals surface area contributed by atoms with Crippen molar-refractivity contribution in [2.45, 2.75) is 29.9 Å². The van der Waals surface area contributed by atoms with Gasteiger partial charge in [-0.05, 0) is 55.6 Å². The van der Waals surface area contributed by atoms with Crippen LogP contribution < -0.4 is 5.32 Å². The second-order valence-electron chi connectivity index (χ2n) is 4.79. The fourth-order valence-electron chi connectivity index (χ4n) is 2.45. The number of nitrogens with one attached hydrogen (secondary N) is 1. The van der Waals surface area contributed by atoms with Crippen LogP contribution in [0.2, 0.25) is 5.02 Å². The fourth-order valence-corrected chi connectivity index (χ4v) is 4.66. The van der Waals surface area contributed by atoms with E-state index >= 15 is 0 Å². The molecule has 0 bridgehead atoms. The first-order valence-electron chi connectivity index (χ1n) is 6.67. The first-order valence-corrected chi connectivity index (χ1v) is 8.85. The molecular formula is C14H16ClN3S2. The average molecular weight is 326 g/mol. The summed E-state index contributed by atoms with van der Waals surface area (Å²) in [6.45, 7) is 4.06. The highest BCUT2D eigenvalue weighted by atomic mass is 35.5. The summed E-state index contributed by atoms with van der Waals surface area (Å²) in [5, 5.41) is 13.6. The second-order valence-corrected chi connectivity index (χ2v) is 7.60. The fraction of sp³-hybridized carbons (Fsp3) is 0.429. The third-order valence-electron chi connectivity index (χ3n) is 3.44. The molecule has 2 heterocycles. The highest BCUT2D eigenvalue weighted by Crippen LogP contribution is 2.32. The van der Waals surface area contributed by atoms with E-state index in [9.17, 15) is 0 Å². The third-order valence-corrected chi connectivity index (χ3v) is 5.79. The van der Waals surface area contributed by atoms with Crippen LogP contribution in [0.15, 0.2) is 16.5 Å². The van der Waals surface area contributed by atoms with E-state index in [0.717, 1.165) is 46.1 Å². The van der Waals surface area contributed by atoms with Crippen molar-refractivity contribution in [2.75, 3.05) is 13.1 Å². The quantitative estimate of drug-likeness (QED) is 0.877. The molecule has 6 heteroatoms. The van der Waals surface area contributed by atoms with E-state index in [2.05, 4.69) is 21.6 Å². The zero-order chi connectivity index (χ0) is 13.9. The lowest BCUT2D eigenvalue weighted by atomic mass is 9.98. The molecule has 0 saturated heterocycles. The van der Waals surface area contributed by atoms with Crippen molar-refractivity contribution in [3.8, 4) is 0 Å². The Labute approximate surface area is 132 Å². The van der Waals surface area contributed by atoms with Gasteiger partial charge in [-0.15, -0.1) is 10.2 Å². The molecule has 0 saturated carbocycles. The molecule has 1 aromatic carbocycles. The Kier molecular flexibility index (Phi) is 4.61. The van der Waals surface area contributed by atoms with E-state index in [1.807, 2.05) is 13.0 Å². The summed E-state index contributed by atoms with van der Waals surface area (Å²) in [7, 11) is 0. The second kappa shape index (κ2) is 6.43. The average Bonchev–Trinajstić information content (AvgIpc) is 2.71. The first kappa shape index (κ1) is 14.3. The van der Waals surface area contributed by atoms with E-state index < -0.39 is 0 Å². The van der Waals surface area contributed by atoms with Gasteiger partial charge in [0.25, 0.3) is 0 Å². The molecule has 0 radical (unpaired) electrons. The third kappa shape index (κ3) is 3.17. The number of aryl methyl sites for hydroxylation is 1. The molecule has 3 nitrogen and oxygen atoms in total. The Hall–Kier alpha value is -0.620. The Balaban J connectivity index is 1.84. The van der Waals surface area contributed by atoms with Crippen LogP contribution >= 0.6 is 34.7 Å². The van der Waals surface area contributed by atoms with E-state index in [1.54, 1.807) is 23.1 Å². The van der Waals surface area contributed by atoms with Gasteiger partial charge in [-0.2, -0.15) is 0 Å². The smallest absolute Gasteiger partial charge is 0.174 e. The Morgan fingerprint density at radius 3 is 2.95 bits per heavy atom. The topological polar surface area (TPSA) is 37.8 Å². The molecule has 0 fully saturated rings. The molecule has 0 unspecified atom stereocenters. The summed E-state index contributed by atoms with van der Waals surface area (Å²) < 4.78 is 1.02. The predicted octanol–water partition coefficient (Wildman–Crippen LogP) is 3.48. The zero-order valence-corrected chi connectivity index (χ0v) is 13.7. The maximum Gasteiger partial charge on any atom is 0.174 e. The van der Waals surface area contributed by atoms with Crippen LogP contribution in [0, 0.1) is 6.92 Å². The molecule has 0 aliphatic carbocycles. The Morgan fingerprint density at radius 2 is 2.15 bits per heavy atom. The van der Waals surface area contributed by atoms with Gasteiger partial charge in [0, 0.05) is 10.8 Å². The Morgan fingerprint density at radius 1 is 1.30 bits per heavy atom. The highest BCUT2D eigenvalue weighted by molar-refractivity contribution is 8.00. The lowest BCUT2D eigenvalue weighted by Crippen LogP contribution is -2.16. The van der Waals surface area contributed by atoms with Gasteiger partial charge in [-0.1, -0.05) is 40.8 Å². The molecule has 2 aromatic rings. The number of aromatic nitrogens is 2. The minimum absolute atomic E-state index is 0.872. The maximum absolute atomic E-state index is 6.42. The van der Waals surface area contributed by atoms with Crippen LogP contribution in [0.3, 0.4) is 0 Å². The standard InChI is InChI=1S/C14H16ClN3S2/c1-9-17-18-14(20-9)19-8-12-11-5-7-16-6-4-10(11)2-3-13(12)15/h2-3,16H,4-8H2,1H3. The Bertz CT molecular complexity index is 612. The summed E-state index contributed by atoms with van der Waals surface area (Å²) >= 11 is 9.79. The van der Waals surface area contributed by atoms with Gasteiger partial charge >= 0.3 is 0 Å². The molecule has 3 rings (SSSR count). The summed E-state index contributed by atoms with van der Waals surface area (Å²) in [6, 6.07) is 4.21. The van der Waals surface area contributed by atoms with Gasteiger partial charge in [-0.25, -0.2) is 0 Å². The number of thioether (sulfide) groups is 1. The van der Waals surface area contributed by atoms with Crippen molar-refractivity contribution < 1.29 is 0 Å². The van der Waals surface area contributed by atoms with Gasteiger partial charge in [0.1, 0.15) is 5.01 Å². The largest absolute Gasteiger partial charge is 0.316 e. The molecule has 106 valence electrons. The predicted molar refractivity (Wildman–Crippen MR) is 85.9 cm³/mol. The van der Waals surface area contributed by atoms with E-state index in [-0.39, 0.29) is 0 Å².